The Labute approximate surface area is 154 Å². The van der Waals surface area contributed by atoms with Crippen LogP contribution in [0.4, 0.5) is 15.8 Å². The van der Waals surface area contributed by atoms with Crippen molar-refractivity contribution in [3.63, 3.8) is 0 Å². The van der Waals surface area contributed by atoms with Crippen LogP contribution >= 0.6 is 0 Å². The van der Waals surface area contributed by atoms with Crippen molar-refractivity contribution in [1.82, 2.24) is 9.78 Å². The highest BCUT2D eigenvalue weighted by atomic mass is 19.1. The van der Waals surface area contributed by atoms with Crippen LogP contribution in [0.3, 0.4) is 0 Å². The van der Waals surface area contributed by atoms with Crippen molar-refractivity contribution in [2.24, 2.45) is 0 Å². The lowest BCUT2D eigenvalue weighted by Crippen LogP contribution is -2.14. The van der Waals surface area contributed by atoms with Crippen molar-refractivity contribution in [3.05, 3.63) is 66.2 Å². The Kier molecular flexibility index (Phi) is 5.16. The Morgan fingerprint density at radius 3 is 2.48 bits per heavy atom. The topological polar surface area (TPSA) is 85.3 Å². The van der Waals surface area contributed by atoms with E-state index in [1.807, 2.05) is 0 Å². The maximum absolute atomic E-state index is 13.0. The normalized spacial score (nSPS) is 10.3. The highest BCUT2D eigenvalue weighted by molar-refractivity contribution is 6.04. The van der Waals surface area contributed by atoms with Gasteiger partial charge in [-0.05, 0) is 48.5 Å². The maximum atomic E-state index is 13.0. The SMILES string of the molecule is COc1ccc(NC(C)=O)cc1NC(=O)c1ccn(-c2ccc(F)cc2)n1. The molecule has 3 rings (SSSR count). The van der Waals surface area contributed by atoms with Gasteiger partial charge in [0, 0.05) is 18.8 Å². The smallest absolute Gasteiger partial charge is 0.276 e. The number of rotatable bonds is 5. The summed E-state index contributed by atoms with van der Waals surface area (Å²) < 4.78 is 19.7. The number of amides is 2. The van der Waals surface area contributed by atoms with E-state index in [9.17, 15) is 14.0 Å². The molecule has 8 heteroatoms. The summed E-state index contributed by atoms with van der Waals surface area (Å²) in [6, 6.07) is 12.2. The third-order valence-corrected chi connectivity index (χ3v) is 3.68. The van der Waals surface area contributed by atoms with Crippen molar-refractivity contribution in [2.75, 3.05) is 17.7 Å². The van der Waals surface area contributed by atoms with E-state index < -0.39 is 5.91 Å². The number of carbonyl (C=O) groups is 2. The highest BCUT2D eigenvalue weighted by Crippen LogP contribution is 2.28. The number of hydrogen-bond acceptors (Lipinski definition) is 4. The Morgan fingerprint density at radius 1 is 1.07 bits per heavy atom. The molecule has 0 atom stereocenters. The molecule has 0 fully saturated rings. The number of benzene rings is 2. The fourth-order valence-corrected chi connectivity index (χ4v) is 2.46. The molecule has 2 aromatic carbocycles. The van der Waals surface area contributed by atoms with Crippen LogP contribution in [0.25, 0.3) is 5.69 Å². The van der Waals surface area contributed by atoms with E-state index in [1.54, 1.807) is 42.6 Å². The van der Waals surface area contributed by atoms with Crippen LogP contribution < -0.4 is 15.4 Å². The number of carbonyl (C=O) groups excluding carboxylic acids is 2. The van der Waals surface area contributed by atoms with Gasteiger partial charge in [0.15, 0.2) is 5.69 Å². The van der Waals surface area contributed by atoms with Crippen LogP contribution in [0.15, 0.2) is 54.7 Å². The first-order valence-electron chi connectivity index (χ1n) is 8.05. The summed E-state index contributed by atoms with van der Waals surface area (Å²) in [6.45, 7) is 1.39. The molecule has 1 aromatic heterocycles. The van der Waals surface area contributed by atoms with Crippen molar-refractivity contribution >= 4 is 23.2 Å². The molecular weight excluding hydrogens is 351 g/mol. The van der Waals surface area contributed by atoms with Gasteiger partial charge in [0.1, 0.15) is 11.6 Å². The quantitative estimate of drug-likeness (QED) is 0.724. The molecule has 2 amide bonds. The summed E-state index contributed by atoms with van der Waals surface area (Å²) in [5.41, 5.74) is 1.72. The molecule has 0 aliphatic rings. The zero-order chi connectivity index (χ0) is 19.4. The molecule has 0 aliphatic heterocycles. The summed E-state index contributed by atoms with van der Waals surface area (Å²) in [5.74, 6) is -0.588. The lowest BCUT2D eigenvalue weighted by Gasteiger charge is -2.11. The van der Waals surface area contributed by atoms with Gasteiger partial charge in [-0.25, -0.2) is 9.07 Å². The molecule has 0 spiro atoms. The van der Waals surface area contributed by atoms with Crippen LogP contribution in [0.2, 0.25) is 0 Å². The number of nitrogens with zero attached hydrogens (tertiary/aromatic N) is 2. The monoisotopic (exact) mass is 368 g/mol. The van der Waals surface area contributed by atoms with Crippen LogP contribution in [0.1, 0.15) is 17.4 Å². The summed E-state index contributed by atoms with van der Waals surface area (Å²) in [4.78, 5) is 23.7. The van der Waals surface area contributed by atoms with Crippen molar-refractivity contribution in [1.29, 1.82) is 0 Å². The van der Waals surface area contributed by atoms with Gasteiger partial charge in [0.2, 0.25) is 5.91 Å². The number of ether oxygens (including phenoxy) is 1. The van der Waals surface area contributed by atoms with E-state index in [2.05, 4.69) is 15.7 Å². The Bertz CT molecular complexity index is 983. The molecule has 27 heavy (non-hydrogen) atoms. The Morgan fingerprint density at radius 2 is 1.81 bits per heavy atom. The van der Waals surface area contributed by atoms with Gasteiger partial charge >= 0.3 is 0 Å². The molecular formula is C19H17FN4O3. The molecule has 2 N–H and O–H groups in total. The number of anilines is 2. The van der Waals surface area contributed by atoms with Gasteiger partial charge in [-0.2, -0.15) is 5.10 Å². The van der Waals surface area contributed by atoms with Gasteiger partial charge in [-0.15, -0.1) is 0 Å². The molecule has 1 heterocycles. The van der Waals surface area contributed by atoms with Gasteiger partial charge in [-0.1, -0.05) is 0 Å². The van der Waals surface area contributed by atoms with Crippen LogP contribution in [0, 0.1) is 5.82 Å². The maximum Gasteiger partial charge on any atom is 0.276 e. The first kappa shape index (κ1) is 18.1. The van der Waals surface area contributed by atoms with Crippen LogP contribution in [0.5, 0.6) is 5.75 Å². The molecule has 138 valence electrons. The molecule has 3 aromatic rings. The van der Waals surface area contributed by atoms with Crippen molar-refractivity contribution in [2.45, 2.75) is 6.92 Å². The number of methoxy groups -OCH3 is 1. The lowest BCUT2D eigenvalue weighted by atomic mass is 10.2. The average molecular weight is 368 g/mol. The largest absolute Gasteiger partial charge is 0.495 e. The molecule has 0 saturated carbocycles. The number of halogens is 1. The fraction of sp³-hybridized carbons (Fsp3) is 0.105. The minimum atomic E-state index is -0.450. The fourth-order valence-electron chi connectivity index (χ4n) is 2.46. The number of nitrogens with one attached hydrogen (secondary N) is 2. The minimum Gasteiger partial charge on any atom is -0.495 e. The van der Waals surface area contributed by atoms with E-state index >= 15 is 0 Å². The van der Waals surface area contributed by atoms with Crippen LogP contribution in [-0.4, -0.2) is 28.7 Å². The second-order valence-corrected chi connectivity index (χ2v) is 5.67. The number of aromatic nitrogens is 2. The standard InChI is InChI=1S/C19H17FN4O3/c1-12(25)21-14-5-8-18(27-2)17(11-14)22-19(26)16-9-10-24(23-16)15-6-3-13(20)4-7-15/h3-11H,1-2H3,(H,21,25)(H,22,26). The molecule has 7 nitrogen and oxygen atoms in total. The van der Waals surface area contributed by atoms with Gasteiger partial charge in [0.25, 0.3) is 5.91 Å². The highest BCUT2D eigenvalue weighted by Gasteiger charge is 2.14. The van der Waals surface area contributed by atoms with E-state index in [-0.39, 0.29) is 17.4 Å². The van der Waals surface area contributed by atoms with Gasteiger partial charge in [0.05, 0.1) is 18.5 Å². The summed E-state index contributed by atoms with van der Waals surface area (Å²) >= 11 is 0. The van der Waals surface area contributed by atoms with Crippen molar-refractivity contribution < 1.29 is 18.7 Å². The molecule has 0 radical (unpaired) electrons. The third kappa shape index (κ3) is 4.30. The molecule has 0 bridgehead atoms. The second-order valence-electron chi connectivity index (χ2n) is 5.67. The zero-order valence-corrected chi connectivity index (χ0v) is 14.7. The van der Waals surface area contributed by atoms with E-state index in [0.29, 0.717) is 22.8 Å². The zero-order valence-electron chi connectivity index (χ0n) is 14.7. The van der Waals surface area contributed by atoms with E-state index in [4.69, 9.17) is 4.74 Å². The molecule has 0 saturated heterocycles. The Balaban J connectivity index is 1.81. The average Bonchev–Trinajstić information content (AvgIpc) is 3.12. The van der Waals surface area contributed by atoms with Gasteiger partial charge < -0.3 is 15.4 Å². The van der Waals surface area contributed by atoms with Crippen LogP contribution in [-0.2, 0) is 4.79 Å². The summed E-state index contributed by atoms with van der Waals surface area (Å²) in [6.07, 6.45) is 1.60. The predicted molar refractivity (Wildman–Crippen MR) is 98.8 cm³/mol. The third-order valence-electron chi connectivity index (χ3n) is 3.68. The lowest BCUT2D eigenvalue weighted by molar-refractivity contribution is -0.114. The second kappa shape index (κ2) is 7.69. The van der Waals surface area contributed by atoms with Gasteiger partial charge in [-0.3, -0.25) is 9.59 Å². The molecule has 0 unspecified atom stereocenters. The first-order chi connectivity index (χ1) is 13.0. The van der Waals surface area contributed by atoms with Crippen molar-refractivity contribution in [3.8, 4) is 11.4 Å². The summed E-state index contributed by atoms with van der Waals surface area (Å²) in [5, 5.41) is 9.56. The number of hydrogen-bond donors (Lipinski definition) is 2. The van der Waals surface area contributed by atoms with E-state index in [1.165, 1.54) is 30.8 Å². The summed E-state index contributed by atoms with van der Waals surface area (Å²) in [7, 11) is 1.48. The van der Waals surface area contributed by atoms with E-state index in [0.717, 1.165) is 0 Å². The molecule has 0 aliphatic carbocycles. The first-order valence-corrected chi connectivity index (χ1v) is 8.05. The minimum absolute atomic E-state index is 0.173. The Hall–Kier alpha value is -3.68. The predicted octanol–water partition coefficient (Wildman–Crippen LogP) is 3.23.